The molecule has 0 atom stereocenters. The van der Waals surface area contributed by atoms with Crippen LogP contribution in [0.4, 0.5) is 18.9 Å². The summed E-state index contributed by atoms with van der Waals surface area (Å²) < 4.78 is 37.6. The van der Waals surface area contributed by atoms with Gasteiger partial charge in [-0.3, -0.25) is 4.90 Å². The number of aromatic carboxylic acids is 1. The van der Waals surface area contributed by atoms with Crippen molar-refractivity contribution in [2.45, 2.75) is 19.6 Å². The van der Waals surface area contributed by atoms with Gasteiger partial charge in [-0.15, -0.1) is 0 Å². The van der Waals surface area contributed by atoms with E-state index in [4.69, 9.17) is 31.2 Å². The number of anilines is 1. The van der Waals surface area contributed by atoms with Gasteiger partial charge in [0, 0.05) is 43.4 Å². The zero-order chi connectivity index (χ0) is 31.4. The van der Waals surface area contributed by atoms with Gasteiger partial charge in [0.1, 0.15) is 12.4 Å². The van der Waals surface area contributed by atoms with Gasteiger partial charge in [0.05, 0.1) is 12.1 Å². The van der Waals surface area contributed by atoms with Gasteiger partial charge in [-0.05, 0) is 61.0 Å². The van der Waals surface area contributed by atoms with Crippen LogP contribution < -0.4 is 10.1 Å². The summed E-state index contributed by atoms with van der Waals surface area (Å²) in [5.74, 6) is -2.09. The van der Waals surface area contributed by atoms with Crippen LogP contribution >= 0.6 is 11.6 Å². The Hall–Kier alpha value is -4.29. The Morgan fingerprint density at radius 3 is 2.05 bits per heavy atom. The number of carboxylic acids is 2. The van der Waals surface area contributed by atoms with Crippen LogP contribution in [0.25, 0.3) is 0 Å². The second kappa shape index (κ2) is 15.8. The molecule has 1 fully saturated rings. The first kappa shape index (κ1) is 33.2. The van der Waals surface area contributed by atoms with Gasteiger partial charge in [0.2, 0.25) is 0 Å². The van der Waals surface area contributed by atoms with Crippen molar-refractivity contribution < 1.29 is 37.7 Å². The maximum absolute atomic E-state index is 11.2. The first-order chi connectivity index (χ1) is 20.4. The molecule has 9 nitrogen and oxygen atoms in total. The number of nitrogens with zero attached hydrogens (tertiary/aromatic N) is 3. The molecule has 0 spiro atoms. The minimum atomic E-state index is -5.08. The van der Waals surface area contributed by atoms with E-state index < -0.39 is 18.1 Å². The molecule has 0 radical (unpaired) electrons. The Labute approximate surface area is 252 Å². The molecule has 13 heteroatoms. The van der Waals surface area contributed by atoms with Crippen molar-refractivity contribution in [3.8, 4) is 5.75 Å². The number of carboxylic acid groups (broad SMARTS) is 2. The number of piperazine rings is 1. The van der Waals surface area contributed by atoms with Gasteiger partial charge in [-0.2, -0.15) is 13.2 Å². The molecular weight excluding hydrogens is 589 g/mol. The zero-order valence-corrected chi connectivity index (χ0v) is 24.1. The number of aliphatic imine (C=N–C) groups is 1. The van der Waals surface area contributed by atoms with Gasteiger partial charge in [-0.25, -0.2) is 14.6 Å². The largest absolute Gasteiger partial charge is 0.492 e. The number of carbonyl (C=O) groups is 2. The number of hydrogen-bond donors (Lipinski definition) is 3. The Kier molecular flexibility index (Phi) is 12.2. The molecule has 1 saturated heterocycles. The van der Waals surface area contributed by atoms with Crippen LogP contribution in [0.2, 0.25) is 5.02 Å². The molecule has 0 amide bonds. The number of benzene rings is 3. The molecule has 3 N–H and O–H groups in total. The number of alkyl halides is 3. The van der Waals surface area contributed by atoms with E-state index in [1.54, 1.807) is 24.3 Å². The van der Waals surface area contributed by atoms with E-state index in [2.05, 4.69) is 46.3 Å². The number of ether oxygens (including phenoxy) is 1. The number of hydrogen-bond acceptors (Lipinski definition) is 5. The highest BCUT2D eigenvalue weighted by atomic mass is 35.5. The third-order valence-electron chi connectivity index (χ3n) is 6.32. The lowest BCUT2D eigenvalue weighted by atomic mass is 10.1. The van der Waals surface area contributed by atoms with E-state index >= 15 is 0 Å². The second-order valence-corrected chi connectivity index (χ2v) is 10.0. The average molecular weight is 621 g/mol. The first-order valence-electron chi connectivity index (χ1n) is 13.3. The highest BCUT2D eigenvalue weighted by molar-refractivity contribution is 6.30. The normalized spacial score (nSPS) is 14.0. The van der Waals surface area contributed by atoms with Gasteiger partial charge in [0.15, 0.2) is 5.96 Å². The lowest BCUT2D eigenvalue weighted by molar-refractivity contribution is -0.192. The summed E-state index contributed by atoms with van der Waals surface area (Å²) in [6.45, 7) is 7.54. The molecule has 0 aromatic heterocycles. The summed E-state index contributed by atoms with van der Waals surface area (Å²) >= 11 is 5.93. The van der Waals surface area contributed by atoms with Crippen LogP contribution in [-0.2, 0) is 11.3 Å². The van der Waals surface area contributed by atoms with Gasteiger partial charge in [-0.1, -0.05) is 41.4 Å². The van der Waals surface area contributed by atoms with Crippen LogP contribution in [-0.4, -0.2) is 83.4 Å². The smallest absolute Gasteiger partial charge is 0.490 e. The lowest BCUT2D eigenvalue weighted by Crippen LogP contribution is -2.51. The van der Waals surface area contributed by atoms with E-state index in [1.165, 1.54) is 5.56 Å². The topological polar surface area (TPSA) is 115 Å². The van der Waals surface area contributed by atoms with Crippen LogP contribution in [0.15, 0.2) is 77.8 Å². The molecule has 0 bridgehead atoms. The molecule has 0 unspecified atom stereocenters. The van der Waals surface area contributed by atoms with Crippen molar-refractivity contribution in [1.29, 1.82) is 0 Å². The van der Waals surface area contributed by atoms with Crippen molar-refractivity contribution in [3.63, 3.8) is 0 Å². The number of aryl methyl sites for hydroxylation is 1. The van der Waals surface area contributed by atoms with Crippen LogP contribution in [0.3, 0.4) is 0 Å². The summed E-state index contributed by atoms with van der Waals surface area (Å²) in [5, 5.41) is 20.4. The molecule has 0 saturated carbocycles. The minimum Gasteiger partial charge on any atom is -0.492 e. The first-order valence-corrected chi connectivity index (χ1v) is 13.6. The SMILES string of the molecule is Cc1ccc(CN=C(Nc2ccc(C(=O)O)cc2)N2CCN(CCOc3ccc(Cl)cc3)CC2)cc1.O=C(O)C(F)(F)F. The molecular formula is C30H32ClF3N4O5. The maximum Gasteiger partial charge on any atom is 0.490 e. The third-order valence-corrected chi connectivity index (χ3v) is 6.58. The van der Waals surface area contributed by atoms with E-state index in [0.717, 1.165) is 55.7 Å². The zero-order valence-electron chi connectivity index (χ0n) is 23.4. The standard InChI is InChI=1S/C28H31ClN4O3.C2HF3O2/c1-21-2-4-22(5-3-21)20-30-28(31-25-10-6-23(7-11-25)27(34)35)33-16-14-32(15-17-33)18-19-36-26-12-8-24(29)9-13-26;3-2(4,5)1(6)7/h2-13H,14-20H2,1H3,(H,30,31)(H,34,35);(H,6,7). The van der Waals surface area contributed by atoms with E-state index in [-0.39, 0.29) is 5.56 Å². The van der Waals surface area contributed by atoms with Crippen molar-refractivity contribution in [3.05, 3.63) is 94.5 Å². The Morgan fingerprint density at radius 2 is 1.51 bits per heavy atom. The lowest BCUT2D eigenvalue weighted by Gasteiger charge is -2.36. The fraction of sp³-hybridized carbons (Fsp3) is 0.300. The summed E-state index contributed by atoms with van der Waals surface area (Å²) in [7, 11) is 0. The summed E-state index contributed by atoms with van der Waals surface area (Å²) in [6, 6.07) is 22.5. The molecule has 3 aromatic rings. The minimum absolute atomic E-state index is 0.258. The predicted molar refractivity (Wildman–Crippen MR) is 158 cm³/mol. The second-order valence-electron chi connectivity index (χ2n) is 9.57. The fourth-order valence-corrected chi connectivity index (χ4v) is 4.04. The molecule has 43 heavy (non-hydrogen) atoms. The number of halogens is 4. The highest BCUT2D eigenvalue weighted by Gasteiger charge is 2.38. The molecule has 1 aliphatic heterocycles. The molecule has 3 aromatic carbocycles. The van der Waals surface area contributed by atoms with E-state index in [0.29, 0.717) is 18.2 Å². The van der Waals surface area contributed by atoms with Crippen LogP contribution in [0.1, 0.15) is 21.5 Å². The monoisotopic (exact) mass is 620 g/mol. The summed E-state index contributed by atoms with van der Waals surface area (Å²) in [5.41, 5.74) is 3.42. The number of nitrogens with one attached hydrogen (secondary N) is 1. The summed E-state index contributed by atoms with van der Waals surface area (Å²) in [4.78, 5) is 29.6. The fourth-order valence-electron chi connectivity index (χ4n) is 3.91. The van der Waals surface area contributed by atoms with Crippen LogP contribution in [0, 0.1) is 6.92 Å². The molecule has 1 aliphatic rings. The Balaban J connectivity index is 0.000000646. The van der Waals surface area contributed by atoms with Crippen molar-refractivity contribution >= 4 is 35.2 Å². The number of rotatable bonds is 8. The van der Waals surface area contributed by atoms with Gasteiger partial charge in [0.25, 0.3) is 0 Å². The molecule has 0 aliphatic carbocycles. The average Bonchev–Trinajstić information content (AvgIpc) is 2.97. The Morgan fingerprint density at radius 1 is 0.930 bits per heavy atom. The molecule has 230 valence electrons. The van der Waals surface area contributed by atoms with Crippen LogP contribution in [0.5, 0.6) is 5.75 Å². The van der Waals surface area contributed by atoms with Crippen molar-refractivity contribution in [1.82, 2.24) is 9.80 Å². The van der Waals surface area contributed by atoms with E-state index in [1.807, 2.05) is 24.3 Å². The Bertz CT molecular complexity index is 1360. The number of guanidine groups is 1. The quantitative estimate of drug-likeness (QED) is 0.219. The number of aliphatic carboxylic acids is 1. The van der Waals surface area contributed by atoms with Gasteiger partial charge < -0.3 is 25.2 Å². The van der Waals surface area contributed by atoms with Crippen molar-refractivity contribution in [2.24, 2.45) is 4.99 Å². The third kappa shape index (κ3) is 11.5. The molecule has 1 heterocycles. The van der Waals surface area contributed by atoms with Gasteiger partial charge >= 0.3 is 18.1 Å². The summed E-state index contributed by atoms with van der Waals surface area (Å²) in [6.07, 6.45) is -5.08. The maximum atomic E-state index is 11.2. The predicted octanol–water partition coefficient (Wildman–Crippen LogP) is 5.64. The molecule has 4 rings (SSSR count). The highest BCUT2D eigenvalue weighted by Crippen LogP contribution is 2.17. The van der Waals surface area contributed by atoms with E-state index in [9.17, 15) is 23.1 Å². The van der Waals surface area contributed by atoms with Crippen molar-refractivity contribution in [2.75, 3.05) is 44.6 Å².